The van der Waals surface area contributed by atoms with E-state index in [1.54, 1.807) is 37.3 Å². The monoisotopic (exact) mass is 317 g/mol. The number of ether oxygens (including phenoxy) is 1. The van der Waals surface area contributed by atoms with Gasteiger partial charge in [0.2, 0.25) is 0 Å². The summed E-state index contributed by atoms with van der Waals surface area (Å²) in [6.07, 6.45) is -5.74. The molecule has 0 saturated heterocycles. The molecule has 1 amide bonds. The molecule has 1 rings (SSSR count). The summed E-state index contributed by atoms with van der Waals surface area (Å²) < 4.78 is 42.5. The largest absolute Gasteiger partial charge is 0.452 e. The normalized spacial score (nSPS) is 14.0. The average Bonchev–Trinajstić information content (AvgIpc) is 2.49. The first kappa shape index (κ1) is 18.0. The highest BCUT2D eigenvalue weighted by Crippen LogP contribution is 2.22. The van der Waals surface area contributed by atoms with Crippen LogP contribution in [0, 0.1) is 5.92 Å². The lowest BCUT2D eigenvalue weighted by atomic mass is 9.95. The molecule has 122 valence electrons. The number of Topliss-reactive ketones (excluding diaryl/α,β-unsaturated/α-hetero) is 1. The minimum absolute atomic E-state index is 0.0832. The number of carbonyl (C=O) groups is 2. The van der Waals surface area contributed by atoms with Crippen molar-refractivity contribution in [1.82, 2.24) is 5.32 Å². The van der Waals surface area contributed by atoms with E-state index in [1.165, 1.54) is 6.92 Å². The number of alkyl halides is 3. The van der Waals surface area contributed by atoms with Gasteiger partial charge in [0.05, 0.1) is 0 Å². The van der Waals surface area contributed by atoms with Crippen molar-refractivity contribution in [1.29, 1.82) is 0 Å². The maximum absolute atomic E-state index is 12.6. The van der Waals surface area contributed by atoms with Gasteiger partial charge in [-0.3, -0.25) is 4.79 Å². The first-order valence-electron chi connectivity index (χ1n) is 6.84. The fourth-order valence-corrected chi connectivity index (χ4v) is 1.77. The van der Waals surface area contributed by atoms with E-state index in [-0.39, 0.29) is 6.61 Å². The number of benzene rings is 1. The van der Waals surface area contributed by atoms with Crippen LogP contribution >= 0.6 is 0 Å². The Morgan fingerprint density at radius 3 is 2.32 bits per heavy atom. The fraction of sp³-hybridized carbons (Fsp3) is 0.467. The third kappa shape index (κ3) is 5.38. The van der Waals surface area contributed by atoms with Gasteiger partial charge >= 0.3 is 12.3 Å². The Morgan fingerprint density at radius 2 is 1.82 bits per heavy atom. The van der Waals surface area contributed by atoms with Gasteiger partial charge in [-0.1, -0.05) is 50.6 Å². The summed E-state index contributed by atoms with van der Waals surface area (Å²) in [5.74, 6) is -2.63. The second-order valence-electron chi connectivity index (χ2n) is 4.93. The van der Waals surface area contributed by atoms with Crippen LogP contribution in [0.5, 0.6) is 0 Å². The maximum atomic E-state index is 12.6. The molecule has 2 atom stereocenters. The Bertz CT molecular complexity index is 503. The number of alkyl carbamates (subject to hydrolysis) is 1. The number of hydrogen-bond acceptors (Lipinski definition) is 3. The van der Waals surface area contributed by atoms with Crippen molar-refractivity contribution in [2.45, 2.75) is 39.1 Å². The van der Waals surface area contributed by atoms with Crippen molar-refractivity contribution in [3.05, 3.63) is 35.9 Å². The minimum Gasteiger partial charge on any atom is -0.445 e. The van der Waals surface area contributed by atoms with E-state index in [4.69, 9.17) is 4.74 Å². The van der Waals surface area contributed by atoms with Crippen LogP contribution in [-0.2, 0) is 16.1 Å². The highest BCUT2D eigenvalue weighted by Gasteiger charge is 2.45. The fourth-order valence-electron chi connectivity index (χ4n) is 1.77. The highest BCUT2D eigenvalue weighted by atomic mass is 19.4. The topological polar surface area (TPSA) is 55.4 Å². The predicted molar refractivity (Wildman–Crippen MR) is 74.1 cm³/mol. The van der Waals surface area contributed by atoms with Crippen molar-refractivity contribution in [3.8, 4) is 0 Å². The van der Waals surface area contributed by atoms with Crippen LogP contribution in [0.25, 0.3) is 0 Å². The predicted octanol–water partition coefficient (Wildman–Crippen LogP) is 3.46. The van der Waals surface area contributed by atoms with Gasteiger partial charge in [0.25, 0.3) is 5.78 Å². The van der Waals surface area contributed by atoms with Gasteiger partial charge in [-0.2, -0.15) is 13.2 Å². The van der Waals surface area contributed by atoms with Crippen molar-refractivity contribution in [2.75, 3.05) is 0 Å². The van der Waals surface area contributed by atoms with E-state index in [0.717, 1.165) is 0 Å². The number of rotatable bonds is 6. The molecule has 0 aliphatic carbocycles. The van der Waals surface area contributed by atoms with Gasteiger partial charge in [-0.15, -0.1) is 0 Å². The van der Waals surface area contributed by atoms with E-state index in [1.807, 2.05) is 5.32 Å². The Balaban J connectivity index is 2.65. The SMILES string of the molecule is CCC(C)[C@H](NC(=O)OCc1ccccc1)C(=O)C(F)(F)F. The summed E-state index contributed by atoms with van der Waals surface area (Å²) in [7, 11) is 0. The molecule has 22 heavy (non-hydrogen) atoms. The van der Waals surface area contributed by atoms with E-state index in [9.17, 15) is 22.8 Å². The molecule has 0 heterocycles. The van der Waals surface area contributed by atoms with Gasteiger partial charge in [0, 0.05) is 0 Å². The molecule has 0 saturated carbocycles. The van der Waals surface area contributed by atoms with Crippen molar-refractivity contribution in [2.24, 2.45) is 5.92 Å². The minimum atomic E-state index is -5.00. The van der Waals surface area contributed by atoms with Crippen LogP contribution < -0.4 is 5.32 Å². The summed E-state index contributed by atoms with van der Waals surface area (Å²) >= 11 is 0. The van der Waals surface area contributed by atoms with Gasteiger partial charge < -0.3 is 10.1 Å². The summed E-state index contributed by atoms with van der Waals surface area (Å²) in [5.41, 5.74) is 0.694. The number of ketones is 1. The van der Waals surface area contributed by atoms with Gasteiger partial charge in [0.1, 0.15) is 12.6 Å². The molecule has 7 heteroatoms. The maximum Gasteiger partial charge on any atom is 0.452 e. The Morgan fingerprint density at radius 1 is 1.23 bits per heavy atom. The molecule has 1 unspecified atom stereocenters. The molecule has 1 aromatic carbocycles. The molecule has 0 fully saturated rings. The van der Waals surface area contributed by atoms with Crippen LogP contribution in [0.4, 0.5) is 18.0 Å². The third-order valence-electron chi connectivity index (χ3n) is 3.26. The number of halogens is 3. The van der Waals surface area contributed by atoms with E-state index in [2.05, 4.69) is 0 Å². The Kier molecular flexibility index (Phi) is 6.39. The summed E-state index contributed by atoms with van der Waals surface area (Å²) in [4.78, 5) is 23.0. The number of carbonyl (C=O) groups excluding carboxylic acids is 2. The smallest absolute Gasteiger partial charge is 0.445 e. The molecule has 0 spiro atoms. The zero-order valence-electron chi connectivity index (χ0n) is 12.3. The van der Waals surface area contributed by atoms with E-state index >= 15 is 0 Å². The zero-order valence-corrected chi connectivity index (χ0v) is 12.3. The van der Waals surface area contributed by atoms with Crippen LogP contribution in [0.15, 0.2) is 30.3 Å². The molecular formula is C15H18F3NO3. The van der Waals surface area contributed by atoms with Crippen molar-refractivity contribution < 1.29 is 27.5 Å². The van der Waals surface area contributed by atoms with Gasteiger partial charge in [-0.25, -0.2) is 4.79 Å². The zero-order chi connectivity index (χ0) is 16.8. The Labute approximate surface area is 126 Å². The quantitative estimate of drug-likeness (QED) is 0.874. The lowest BCUT2D eigenvalue weighted by molar-refractivity contribution is -0.174. The molecule has 4 nitrogen and oxygen atoms in total. The number of nitrogens with one attached hydrogen (secondary N) is 1. The first-order chi connectivity index (χ1) is 10.3. The van der Waals surface area contributed by atoms with Crippen LogP contribution in [0.3, 0.4) is 0 Å². The summed E-state index contributed by atoms with van der Waals surface area (Å²) in [5, 5.41) is 2.01. The van der Waals surface area contributed by atoms with Crippen LogP contribution in [-0.4, -0.2) is 24.1 Å². The molecule has 0 radical (unpaired) electrons. The van der Waals surface area contributed by atoms with Crippen LogP contribution in [0.2, 0.25) is 0 Å². The molecule has 0 bridgehead atoms. The molecule has 1 N–H and O–H groups in total. The third-order valence-corrected chi connectivity index (χ3v) is 3.26. The van der Waals surface area contributed by atoms with Gasteiger partial charge in [0.15, 0.2) is 0 Å². The highest BCUT2D eigenvalue weighted by molar-refractivity contribution is 5.91. The summed E-state index contributed by atoms with van der Waals surface area (Å²) in [6, 6.07) is 7.04. The number of hydrogen-bond donors (Lipinski definition) is 1. The Hall–Kier alpha value is -2.05. The van der Waals surface area contributed by atoms with Crippen LogP contribution in [0.1, 0.15) is 25.8 Å². The molecule has 1 aromatic rings. The number of amides is 1. The van der Waals surface area contributed by atoms with Crippen molar-refractivity contribution >= 4 is 11.9 Å². The molecular weight excluding hydrogens is 299 g/mol. The summed E-state index contributed by atoms with van der Waals surface area (Å²) in [6.45, 7) is 3.02. The molecule has 0 aliphatic heterocycles. The first-order valence-corrected chi connectivity index (χ1v) is 6.84. The second kappa shape index (κ2) is 7.82. The lowest BCUT2D eigenvalue weighted by Crippen LogP contribution is -2.50. The standard InChI is InChI=1S/C15H18F3NO3/c1-3-10(2)12(13(20)15(16,17)18)19-14(21)22-9-11-7-5-4-6-8-11/h4-8,10,12H,3,9H2,1-2H3,(H,19,21)/t10?,12-/m0/s1. The molecule has 0 aromatic heterocycles. The van der Waals surface area contributed by atoms with E-state index < -0.39 is 30.0 Å². The average molecular weight is 317 g/mol. The van der Waals surface area contributed by atoms with Gasteiger partial charge in [-0.05, 0) is 11.5 Å². The second-order valence-corrected chi connectivity index (χ2v) is 4.93. The lowest BCUT2D eigenvalue weighted by Gasteiger charge is -2.23. The molecule has 0 aliphatic rings. The van der Waals surface area contributed by atoms with E-state index in [0.29, 0.717) is 12.0 Å². The van der Waals surface area contributed by atoms with Crippen molar-refractivity contribution in [3.63, 3.8) is 0 Å².